The minimum absolute atomic E-state index is 0. The van der Waals surface area contributed by atoms with Crippen molar-refractivity contribution < 1.29 is 25.8 Å². The van der Waals surface area contributed by atoms with E-state index < -0.39 is 0 Å². The SMILES string of the molecule is CC1=C[C@H](C)C[C@H](C)C1c1c(C(C)C)nn(-c2[c-]c(Oc3[c-]c4c(cc3)c3ccccc3n4-c3cc(C)ccn3)cc(C)c2)c1C(C)C.[Pt+2]. The summed E-state index contributed by atoms with van der Waals surface area (Å²) >= 11 is 0. The number of rotatable bonds is 7. The fraction of sp³-hybridized carbons (Fsp3) is 0.349. The number of ether oxygens (including phenoxy) is 1. The Morgan fingerprint density at radius 3 is 2.33 bits per heavy atom. The summed E-state index contributed by atoms with van der Waals surface area (Å²) in [6, 6.07) is 28.1. The van der Waals surface area contributed by atoms with Crippen LogP contribution in [0.4, 0.5) is 0 Å². The molecule has 0 aliphatic heterocycles. The minimum Gasteiger partial charge on any atom is -0.509 e. The van der Waals surface area contributed by atoms with Crippen molar-refractivity contribution in [1.29, 1.82) is 0 Å². The average Bonchev–Trinajstić information content (AvgIpc) is 3.57. The molecule has 0 radical (unpaired) electrons. The number of para-hydroxylation sites is 1. The Kier molecular flexibility index (Phi) is 9.79. The number of pyridine rings is 1. The molecule has 0 spiro atoms. The van der Waals surface area contributed by atoms with Gasteiger partial charge in [0.2, 0.25) is 0 Å². The first kappa shape index (κ1) is 34.9. The van der Waals surface area contributed by atoms with Crippen LogP contribution in [0.3, 0.4) is 0 Å². The number of hydrogen-bond donors (Lipinski definition) is 0. The molecule has 0 N–H and O–H groups in total. The van der Waals surface area contributed by atoms with Gasteiger partial charge in [-0.15, -0.1) is 35.7 Å². The molecule has 3 aromatic heterocycles. The van der Waals surface area contributed by atoms with E-state index >= 15 is 0 Å². The predicted octanol–water partition coefficient (Wildman–Crippen LogP) is 11.3. The number of benzene rings is 3. The largest absolute Gasteiger partial charge is 2.00 e. The van der Waals surface area contributed by atoms with Crippen LogP contribution in [-0.2, 0) is 21.1 Å². The van der Waals surface area contributed by atoms with E-state index in [0.29, 0.717) is 35.2 Å². The molecular formula is C43H46N4OPt. The molecule has 0 saturated carbocycles. The summed E-state index contributed by atoms with van der Waals surface area (Å²) in [5.74, 6) is 4.24. The van der Waals surface area contributed by atoms with Gasteiger partial charge in [0.1, 0.15) is 5.82 Å². The van der Waals surface area contributed by atoms with Gasteiger partial charge < -0.3 is 9.30 Å². The van der Waals surface area contributed by atoms with E-state index in [2.05, 4.69) is 132 Å². The van der Waals surface area contributed by atoms with Gasteiger partial charge in [-0.05, 0) is 78.8 Å². The van der Waals surface area contributed by atoms with Gasteiger partial charge >= 0.3 is 21.1 Å². The number of allylic oxidation sites excluding steroid dienone is 2. The normalized spacial score (nSPS) is 17.9. The summed E-state index contributed by atoms with van der Waals surface area (Å²) in [5.41, 5.74) is 10.5. The third-order valence-electron chi connectivity index (χ3n) is 9.85. The third-order valence-corrected chi connectivity index (χ3v) is 9.85. The first-order valence-electron chi connectivity index (χ1n) is 17.4. The molecule has 3 atom stereocenters. The molecular weight excluding hydrogens is 784 g/mol. The monoisotopic (exact) mass is 829 g/mol. The Morgan fingerprint density at radius 2 is 1.61 bits per heavy atom. The average molecular weight is 830 g/mol. The predicted molar refractivity (Wildman–Crippen MR) is 197 cm³/mol. The maximum Gasteiger partial charge on any atom is 2.00 e. The molecule has 0 saturated heterocycles. The summed E-state index contributed by atoms with van der Waals surface area (Å²) in [6.45, 7) is 20.4. The van der Waals surface area contributed by atoms with Crippen molar-refractivity contribution in [3.63, 3.8) is 0 Å². The minimum atomic E-state index is 0. The molecule has 0 fully saturated rings. The fourth-order valence-electron chi connectivity index (χ4n) is 8.01. The van der Waals surface area contributed by atoms with E-state index in [1.54, 1.807) is 0 Å². The standard InChI is InChI=1S/C43H46N4O.Pt/c1-25(2)42-41(40-30(8)18-28(6)19-31(40)9)43(26(3)4)47(45-42)32-20-29(7)21-34(23-32)48-33-14-15-36-35-12-10-11-13-37(35)46(38(36)24-33)39-22-27(5)16-17-44-39;/h10-18,20-22,25-26,28,31,40H,19H2,1-9H3;/q-2;+2/t28-,31-,40?;/m0./s1. The van der Waals surface area contributed by atoms with Crippen LogP contribution in [0.5, 0.6) is 11.5 Å². The third kappa shape index (κ3) is 6.43. The number of nitrogens with zero attached hydrogens (tertiary/aromatic N) is 4. The molecule has 6 aromatic rings. The Balaban J connectivity index is 0.00000417. The first-order chi connectivity index (χ1) is 23.0. The second-order valence-electron chi connectivity index (χ2n) is 14.6. The van der Waals surface area contributed by atoms with Crippen LogP contribution < -0.4 is 4.74 Å². The van der Waals surface area contributed by atoms with E-state index in [1.807, 2.05) is 24.4 Å². The van der Waals surface area contributed by atoms with Crippen molar-refractivity contribution in [3.8, 4) is 23.0 Å². The van der Waals surface area contributed by atoms with Crippen molar-refractivity contribution in [2.75, 3.05) is 0 Å². The van der Waals surface area contributed by atoms with Gasteiger partial charge in [0.05, 0.1) is 5.69 Å². The van der Waals surface area contributed by atoms with Gasteiger partial charge in [0.25, 0.3) is 0 Å². The Hall–Kier alpha value is -3.95. The van der Waals surface area contributed by atoms with Crippen LogP contribution in [0, 0.1) is 37.8 Å². The van der Waals surface area contributed by atoms with Gasteiger partial charge in [-0.2, -0.15) is 16.7 Å². The Labute approximate surface area is 305 Å². The smallest absolute Gasteiger partial charge is 0.509 e. The molecule has 1 unspecified atom stereocenters. The van der Waals surface area contributed by atoms with Crippen molar-refractivity contribution in [1.82, 2.24) is 19.3 Å². The number of hydrogen-bond acceptors (Lipinski definition) is 3. The summed E-state index contributed by atoms with van der Waals surface area (Å²) in [5, 5.41) is 7.62. The van der Waals surface area contributed by atoms with E-state index in [0.717, 1.165) is 44.4 Å². The number of fused-ring (bicyclic) bond motifs is 3. The Morgan fingerprint density at radius 1 is 0.837 bits per heavy atom. The van der Waals surface area contributed by atoms with Gasteiger partial charge in [-0.25, -0.2) is 4.98 Å². The van der Waals surface area contributed by atoms with Gasteiger partial charge in [0, 0.05) is 40.4 Å². The summed E-state index contributed by atoms with van der Waals surface area (Å²) in [4.78, 5) is 4.73. The fourth-order valence-corrected chi connectivity index (χ4v) is 8.01. The zero-order chi connectivity index (χ0) is 33.9. The maximum atomic E-state index is 6.59. The maximum absolute atomic E-state index is 6.59. The molecule has 1 aliphatic rings. The molecule has 49 heavy (non-hydrogen) atoms. The molecule has 6 heteroatoms. The van der Waals surface area contributed by atoms with E-state index in [-0.39, 0.29) is 27.0 Å². The second-order valence-corrected chi connectivity index (χ2v) is 14.6. The van der Waals surface area contributed by atoms with Gasteiger partial charge in [0.15, 0.2) is 0 Å². The van der Waals surface area contributed by atoms with Crippen LogP contribution in [0.25, 0.3) is 33.3 Å². The zero-order valence-electron chi connectivity index (χ0n) is 30.0. The van der Waals surface area contributed by atoms with E-state index in [1.165, 1.54) is 28.9 Å². The summed E-state index contributed by atoms with van der Waals surface area (Å²) in [6.07, 6.45) is 5.53. The van der Waals surface area contributed by atoms with Crippen LogP contribution in [-0.4, -0.2) is 19.3 Å². The van der Waals surface area contributed by atoms with Gasteiger partial charge in [-0.1, -0.05) is 83.8 Å². The van der Waals surface area contributed by atoms with Crippen molar-refractivity contribution in [3.05, 3.63) is 119 Å². The molecule has 3 aromatic carbocycles. The van der Waals surface area contributed by atoms with Crippen molar-refractivity contribution in [2.24, 2.45) is 11.8 Å². The quantitative estimate of drug-likeness (QED) is 0.119. The molecule has 5 nitrogen and oxygen atoms in total. The van der Waals surface area contributed by atoms with Crippen molar-refractivity contribution >= 4 is 21.8 Å². The van der Waals surface area contributed by atoms with Crippen LogP contribution in [0.2, 0.25) is 0 Å². The summed E-state index contributed by atoms with van der Waals surface area (Å²) in [7, 11) is 0. The number of aryl methyl sites for hydroxylation is 2. The van der Waals surface area contributed by atoms with E-state index in [4.69, 9.17) is 14.8 Å². The molecule has 0 bridgehead atoms. The number of aromatic nitrogens is 4. The summed E-state index contributed by atoms with van der Waals surface area (Å²) < 4.78 is 10.9. The van der Waals surface area contributed by atoms with Crippen molar-refractivity contribution in [2.45, 2.75) is 86.5 Å². The molecule has 1 aliphatic carbocycles. The van der Waals surface area contributed by atoms with Gasteiger partial charge in [-0.3, -0.25) is 4.68 Å². The molecule has 254 valence electrons. The Bertz CT molecular complexity index is 2190. The van der Waals surface area contributed by atoms with Crippen LogP contribution in [0.15, 0.2) is 78.5 Å². The topological polar surface area (TPSA) is 44.9 Å². The zero-order valence-corrected chi connectivity index (χ0v) is 32.3. The van der Waals surface area contributed by atoms with E-state index in [9.17, 15) is 0 Å². The second kappa shape index (κ2) is 13.8. The molecule has 0 amide bonds. The molecule has 7 rings (SSSR count). The van der Waals surface area contributed by atoms with Crippen LogP contribution in [0.1, 0.15) is 101 Å². The molecule has 3 heterocycles. The van der Waals surface area contributed by atoms with Crippen LogP contribution >= 0.6 is 0 Å². The first-order valence-corrected chi connectivity index (χ1v) is 17.4.